The minimum atomic E-state index is -0.596. The summed E-state index contributed by atoms with van der Waals surface area (Å²) in [5, 5.41) is 0. The number of esters is 1. The van der Waals surface area contributed by atoms with Gasteiger partial charge in [0.15, 0.2) is 0 Å². The molecule has 0 aliphatic heterocycles. The number of carbonyl (C=O) groups excluding carboxylic acids is 2. The minimum absolute atomic E-state index is 0.167. The lowest BCUT2D eigenvalue weighted by molar-refractivity contribution is -0.159. The summed E-state index contributed by atoms with van der Waals surface area (Å²) < 4.78 is 5.32. The van der Waals surface area contributed by atoms with Crippen LogP contribution in [0.3, 0.4) is 0 Å². The Bertz CT molecular complexity index is 306. The molecule has 3 heteroatoms. The zero-order chi connectivity index (χ0) is 12.2. The largest absolute Gasteiger partial charge is 0.459 e. The van der Waals surface area contributed by atoms with Crippen molar-refractivity contribution in [2.24, 2.45) is 5.92 Å². The smallest absolute Gasteiger partial charge is 0.303 e. The van der Waals surface area contributed by atoms with Crippen molar-refractivity contribution in [1.82, 2.24) is 0 Å². The lowest BCUT2D eigenvalue weighted by atomic mass is 9.89. The van der Waals surface area contributed by atoms with Crippen LogP contribution < -0.4 is 0 Å². The van der Waals surface area contributed by atoms with E-state index in [1.54, 1.807) is 0 Å². The first kappa shape index (κ1) is 12.9. The average Bonchev–Trinajstić information content (AvgIpc) is 2.44. The molecule has 90 valence electrons. The van der Waals surface area contributed by atoms with Gasteiger partial charge in [-0.1, -0.05) is 19.1 Å². The molecule has 0 amide bonds. The van der Waals surface area contributed by atoms with Crippen molar-refractivity contribution in [2.75, 3.05) is 0 Å². The Morgan fingerprint density at radius 1 is 1.56 bits per heavy atom. The van der Waals surface area contributed by atoms with Crippen LogP contribution in [0, 0.1) is 5.92 Å². The highest BCUT2D eigenvalue weighted by Crippen LogP contribution is 2.38. The van der Waals surface area contributed by atoms with Gasteiger partial charge in [-0.3, -0.25) is 9.59 Å². The molecule has 1 saturated carbocycles. The molecule has 1 aliphatic carbocycles. The number of Topliss-reactive ketones (excluding diaryl/α,β-unsaturated/α-hetero) is 1. The predicted octanol–water partition coefficient (Wildman–Crippen LogP) is 2.64. The molecule has 1 fully saturated rings. The molecule has 16 heavy (non-hydrogen) atoms. The third kappa shape index (κ3) is 2.94. The second kappa shape index (κ2) is 5.28. The van der Waals surface area contributed by atoms with Gasteiger partial charge in [-0.05, 0) is 26.2 Å². The van der Waals surface area contributed by atoms with Gasteiger partial charge in [0.25, 0.3) is 0 Å². The fraction of sp³-hybridized carbons (Fsp3) is 0.692. The van der Waals surface area contributed by atoms with Crippen molar-refractivity contribution < 1.29 is 14.3 Å². The number of allylic oxidation sites excluding steroid dienone is 2. The van der Waals surface area contributed by atoms with E-state index in [1.165, 1.54) is 6.92 Å². The van der Waals surface area contributed by atoms with Crippen molar-refractivity contribution in [3.63, 3.8) is 0 Å². The summed E-state index contributed by atoms with van der Waals surface area (Å²) in [7, 11) is 0. The first-order valence-electron chi connectivity index (χ1n) is 5.87. The van der Waals surface area contributed by atoms with Crippen LogP contribution in [0.4, 0.5) is 0 Å². The quantitative estimate of drug-likeness (QED) is 0.544. The van der Waals surface area contributed by atoms with Crippen LogP contribution in [0.5, 0.6) is 0 Å². The molecule has 2 atom stereocenters. The maximum absolute atomic E-state index is 11.7. The van der Waals surface area contributed by atoms with Crippen LogP contribution in [0.1, 0.15) is 46.5 Å². The van der Waals surface area contributed by atoms with Crippen LogP contribution in [0.25, 0.3) is 0 Å². The van der Waals surface area contributed by atoms with E-state index < -0.39 is 5.60 Å². The maximum atomic E-state index is 11.7. The second-order valence-corrected chi connectivity index (χ2v) is 4.54. The molecule has 0 aromatic carbocycles. The fourth-order valence-electron chi connectivity index (χ4n) is 2.29. The van der Waals surface area contributed by atoms with Crippen molar-refractivity contribution >= 4 is 11.8 Å². The predicted molar refractivity (Wildman–Crippen MR) is 62.0 cm³/mol. The van der Waals surface area contributed by atoms with Crippen molar-refractivity contribution in [1.29, 1.82) is 0 Å². The molecule has 0 spiro atoms. The average molecular weight is 224 g/mol. The summed E-state index contributed by atoms with van der Waals surface area (Å²) in [5.74, 6) is -0.259. The summed E-state index contributed by atoms with van der Waals surface area (Å²) in [6.45, 7) is 5.31. The Morgan fingerprint density at radius 3 is 2.81 bits per heavy atom. The van der Waals surface area contributed by atoms with E-state index >= 15 is 0 Å². The molecule has 1 rings (SSSR count). The Balaban J connectivity index is 2.72. The molecule has 0 aromatic heterocycles. The standard InChI is InChI=1S/C13H20O3/c1-4-5-6-7-11-12(15)8-9-13(11,3)16-10(2)14/h5-6,11H,4,7-9H2,1-3H3. The number of ether oxygens (including phenoxy) is 1. The van der Waals surface area contributed by atoms with E-state index in [1.807, 2.05) is 19.1 Å². The molecule has 1 aliphatic rings. The Hall–Kier alpha value is -1.12. The molecule has 0 aromatic rings. The van der Waals surface area contributed by atoms with Crippen LogP contribution in [0.2, 0.25) is 0 Å². The molecule has 0 heterocycles. The summed E-state index contributed by atoms with van der Waals surface area (Å²) in [4.78, 5) is 22.8. The third-order valence-electron chi connectivity index (χ3n) is 3.14. The molecular formula is C13H20O3. The number of hydrogen-bond donors (Lipinski definition) is 0. The lowest BCUT2D eigenvalue weighted by Crippen LogP contribution is -2.36. The molecule has 0 radical (unpaired) electrons. The molecule has 3 nitrogen and oxygen atoms in total. The van der Waals surface area contributed by atoms with E-state index in [9.17, 15) is 9.59 Å². The summed E-state index contributed by atoms with van der Waals surface area (Å²) in [6.07, 6.45) is 6.86. The van der Waals surface area contributed by atoms with E-state index in [-0.39, 0.29) is 17.7 Å². The Labute approximate surface area is 96.9 Å². The second-order valence-electron chi connectivity index (χ2n) is 4.54. The van der Waals surface area contributed by atoms with Crippen LogP contribution in [0.15, 0.2) is 12.2 Å². The zero-order valence-corrected chi connectivity index (χ0v) is 10.3. The highest BCUT2D eigenvalue weighted by atomic mass is 16.6. The third-order valence-corrected chi connectivity index (χ3v) is 3.14. The Morgan fingerprint density at radius 2 is 2.25 bits per heavy atom. The van der Waals surface area contributed by atoms with Gasteiger partial charge in [-0.2, -0.15) is 0 Å². The summed E-state index contributed by atoms with van der Waals surface area (Å²) in [6, 6.07) is 0. The van der Waals surface area contributed by atoms with E-state index in [0.717, 1.165) is 6.42 Å². The van der Waals surface area contributed by atoms with E-state index in [0.29, 0.717) is 19.3 Å². The SMILES string of the molecule is CCC=CCC1C(=O)CCC1(C)OC(C)=O. The highest BCUT2D eigenvalue weighted by molar-refractivity contribution is 5.85. The first-order chi connectivity index (χ1) is 7.49. The van der Waals surface area contributed by atoms with Crippen LogP contribution >= 0.6 is 0 Å². The zero-order valence-electron chi connectivity index (χ0n) is 10.3. The summed E-state index contributed by atoms with van der Waals surface area (Å²) in [5.41, 5.74) is -0.596. The van der Waals surface area contributed by atoms with Gasteiger partial charge in [0, 0.05) is 13.3 Å². The maximum Gasteiger partial charge on any atom is 0.303 e. The molecule has 0 bridgehead atoms. The molecule has 2 unspecified atom stereocenters. The van der Waals surface area contributed by atoms with Gasteiger partial charge in [-0.15, -0.1) is 0 Å². The molecular weight excluding hydrogens is 204 g/mol. The van der Waals surface area contributed by atoms with Gasteiger partial charge in [0.1, 0.15) is 11.4 Å². The van der Waals surface area contributed by atoms with Gasteiger partial charge in [0.05, 0.1) is 5.92 Å². The fourth-order valence-corrected chi connectivity index (χ4v) is 2.29. The highest BCUT2D eigenvalue weighted by Gasteiger charge is 2.46. The van der Waals surface area contributed by atoms with Crippen molar-refractivity contribution in [2.45, 2.75) is 52.1 Å². The van der Waals surface area contributed by atoms with E-state index in [4.69, 9.17) is 4.74 Å². The minimum Gasteiger partial charge on any atom is -0.459 e. The Kier molecular flexibility index (Phi) is 4.27. The first-order valence-corrected chi connectivity index (χ1v) is 5.87. The van der Waals surface area contributed by atoms with Crippen LogP contribution in [-0.2, 0) is 14.3 Å². The number of ketones is 1. The number of carbonyl (C=O) groups is 2. The van der Waals surface area contributed by atoms with Gasteiger partial charge in [-0.25, -0.2) is 0 Å². The van der Waals surface area contributed by atoms with Gasteiger partial charge >= 0.3 is 5.97 Å². The van der Waals surface area contributed by atoms with Gasteiger partial charge < -0.3 is 4.74 Å². The lowest BCUT2D eigenvalue weighted by Gasteiger charge is -2.29. The van der Waals surface area contributed by atoms with E-state index in [2.05, 4.69) is 6.92 Å². The number of rotatable bonds is 4. The van der Waals surface area contributed by atoms with Crippen LogP contribution in [-0.4, -0.2) is 17.4 Å². The number of hydrogen-bond acceptors (Lipinski definition) is 3. The van der Waals surface area contributed by atoms with Crippen molar-refractivity contribution in [3.8, 4) is 0 Å². The topological polar surface area (TPSA) is 43.4 Å². The van der Waals surface area contributed by atoms with Crippen molar-refractivity contribution in [3.05, 3.63) is 12.2 Å². The van der Waals surface area contributed by atoms with Gasteiger partial charge in [0.2, 0.25) is 0 Å². The molecule has 0 N–H and O–H groups in total. The monoisotopic (exact) mass is 224 g/mol. The summed E-state index contributed by atoms with van der Waals surface area (Å²) >= 11 is 0. The molecule has 0 saturated heterocycles. The normalized spacial score (nSPS) is 29.9.